The third-order valence-electron chi connectivity index (χ3n) is 3.97. The minimum Gasteiger partial charge on any atom is -0.315 e. The van der Waals surface area contributed by atoms with Crippen LogP contribution in [-0.4, -0.2) is 48.9 Å². The van der Waals surface area contributed by atoms with Gasteiger partial charge in [0, 0.05) is 38.5 Å². The third kappa shape index (κ3) is 2.33. The SMILES string of the molecule is Cc1nc(C(C)(F)F)ncc1S(=O)(=O)N1CC2(CNC2)C1. The molecule has 1 spiro atoms. The van der Waals surface area contributed by atoms with Crippen molar-refractivity contribution in [1.29, 1.82) is 0 Å². The fourth-order valence-corrected chi connectivity index (χ4v) is 4.40. The summed E-state index contributed by atoms with van der Waals surface area (Å²) >= 11 is 0. The molecule has 3 rings (SSSR count). The second-order valence-corrected chi connectivity index (χ2v) is 7.81. The van der Waals surface area contributed by atoms with Crippen molar-refractivity contribution in [2.45, 2.75) is 24.7 Å². The number of sulfonamides is 1. The van der Waals surface area contributed by atoms with Crippen LogP contribution >= 0.6 is 0 Å². The summed E-state index contributed by atoms with van der Waals surface area (Å²) in [5.41, 5.74) is 0.104. The Bertz CT molecular complexity index is 675. The van der Waals surface area contributed by atoms with Gasteiger partial charge in [0.25, 0.3) is 0 Å². The van der Waals surface area contributed by atoms with Gasteiger partial charge in [-0.25, -0.2) is 18.4 Å². The van der Waals surface area contributed by atoms with E-state index in [-0.39, 0.29) is 16.0 Å². The molecule has 1 aromatic heterocycles. The quantitative estimate of drug-likeness (QED) is 0.878. The van der Waals surface area contributed by atoms with Crippen LogP contribution in [0.4, 0.5) is 8.78 Å². The molecule has 0 amide bonds. The lowest BCUT2D eigenvalue weighted by Crippen LogP contribution is -2.71. The maximum atomic E-state index is 13.2. The Balaban J connectivity index is 1.86. The van der Waals surface area contributed by atoms with Crippen LogP contribution in [0.2, 0.25) is 0 Å². The van der Waals surface area contributed by atoms with Gasteiger partial charge in [-0.05, 0) is 6.92 Å². The highest BCUT2D eigenvalue weighted by Crippen LogP contribution is 2.38. The molecule has 21 heavy (non-hydrogen) atoms. The Kier molecular flexibility index (Phi) is 3.09. The van der Waals surface area contributed by atoms with E-state index in [0.717, 1.165) is 19.3 Å². The van der Waals surface area contributed by atoms with E-state index >= 15 is 0 Å². The molecule has 1 N–H and O–H groups in total. The van der Waals surface area contributed by atoms with Gasteiger partial charge in [-0.15, -0.1) is 0 Å². The fraction of sp³-hybridized carbons (Fsp3) is 0.667. The highest BCUT2D eigenvalue weighted by atomic mass is 32.2. The van der Waals surface area contributed by atoms with Crippen LogP contribution in [0.3, 0.4) is 0 Å². The van der Waals surface area contributed by atoms with Gasteiger partial charge in [-0.1, -0.05) is 0 Å². The van der Waals surface area contributed by atoms with Crippen molar-refractivity contribution in [1.82, 2.24) is 19.6 Å². The van der Waals surface area contributed by atoms with Crippen molar-refractivity contribution in [2.75, 3.05) is 26.2 Å². The number of aromatic nitrogens is 2. The first-order valence-corrected chi connectivity index (χ1v) is 8.01. The second-order valence-electron chi connectivity index (χ2n) is 5.91. The fourth-order valence-electron chi connectivity index (χ4n) is 2.63. The molecule has 2 aliphatic heterocycles. The van der Waals surface area contributed by atoms with Crippen molar-refractivity contribution in [3.8, 4) is 0 Å². The summed E-state index contributed by atoms with van der Waals surface area (Å²) in [4.78, 5) is 7.05. The van der Waals surface area contributed by atoms with E-state index in [2.05, 4.69) is 15.3 Å². The molecule has 2 aliphatic rings. The van der Waals surface area contributed by atoms with Gasteiger partial charge in [-0.2, -0.15) is 13.1 Å². The Labute approximate surface area is 121 Å². The van der Waals surface area contributed by atoms with E-state index in [1.807, 2.05) is 0 Å². The molecule has 0 aromatic carbocycles. The number of nitrogens with zero attached hydrogens (tertiary/aromatic N) is 3. The molecule has 2 fully saturated rings. The average molecular weight is 318 g/mol. The molecule has 9 heteroatoms. The zero-order valence-electron chi connectivity index (χ0n) is 11.7. The predicted octanol–water partition coefficient (Wildman–Crippen LogP) is 0.491. The van der Waals surface area contributed by atoms with E-state index in [9.17, 15) is 17.2 Å². The summed E-state index contributed by atoms with van der Waals surface area (Å²) < 4.78 is 52.6. The molecule has 0 saturated carbocycles. The summed E-state index contributed by atoms with van der Waals surface area (Å²) in [6.07, 6.45) is 0.981. The van der Waals surface area contributed by atoms with Crippen LogP contribution in [0.25, 0.3) is 0 Å². The van der Waals surface area contributed by atoms with Gasteiger partial charge >= 0.3 is 5.92 Å². The number of hydrogen-bond acceptors (Lipinski definition) is 5. The average Bonchev–Trinajstić information content (AvgIpc) is 2.22. The molecule has 0 radical (unpaired) electrons. The standard InChI is InChI=1S/C12H16F2N4O2S/c1-8-9(3-16-10(17-8)11(2,13)14)21(19,20)18-6-12(7-18)4-15-5-12/h3,15H,4-7H2,1-2H3. The largest absolute Gasteiger partial charge is 0.315 e. The Morgan fingerprint density at radius 1 is 1.38 bits per heavy atom. The lowest BCUT2D eigenvalue weighted by molar-refractivity contribution is 0.00714. The summed E-state index contributed by atoms with van der Waals surface area (Å²) in [7, 11) is -3.71. The van der Waals surface area contributed by atoms with Gasteiger partial charge in [0.15, 0.2) is 5.82 Å². The monoisotopic (exact) mass is 318 g/mol. The number of aryl methyl sites for hydroxylation is 1. The van der Waals surface area contributed by atoms with E-state index in [0.29, 0.717) is 20.0 Å². The lowest BCUT2D eigenvalue weighted by Gasteiger charge is -2.55. The highest BCUT2D eigenvalue weighted by molar-refractivity contribution is 7.89. The number of nitrogens with one attached hydrogen (secondary N) is 1. The topological polar surface area (TPSA) is 75.2 Å². The summed E-state index contributed by atoms with van der Waals surface area (Å²) in [5, 5.41) is 3.12. The predicted molar refractivity (Wildman–Crippen MR) is 70.4 cm³/mol. The van der Waals surface area contributed by atoms with Gasteiger partial charge in [-0.3, -0.25) is 0 Å². The van der Waals surface area contributed by atoms with Crippen molar-refractivity contribution in [3.05, 3.63) is 17.7 Å². The molecule has 6 nitrogen and oxygen atoms in total. The van der Waals surface area contributed by atoms with Crippen molar-refractivity contribution >= 4 is 10.0 Å². The van der Waals surface area contributed by atoms with Crippen LogP contribution in [-0.2, 0) is 15.9 Å². The number of alkyl halides is 2. The molecule has 0 atom stereocenters. The normalized spacial score (nSPS) is 21.9. The zero-order chi connectivity index (χ0) is 15.5. The molecule has 0 bridgehead atoms. The van der Waals surface area contributed by atoms with E-state index in [1.165, 1.54) is 11.2 Å². The Hall–Kier alpha value is -1.19. The van der Waals surface area contributed by atoms with Crippen LogP contribution < -0.4 is 5.32 Å². The van der Waals surface area contributed by atoms with Crippen molar-refractivity contribution in [3.63, 3.8) is 0 Å². The number of halogens is 2. The van der Waals surface area contributed by atoms with E-state index < -0.39 is 21.8 Å². The first-order chi connectivity index (χ1) is 9.64. The van der Waals surface area contributed by atoms with Crippen molar-refractivity contribution in [2.24, 2.45) is 5.41 Å². The minimum atomic E-state index is -3.71. The molecular formula is C12H16F2N4O2S. The van der Waals surface area contributed by atoms with Gasteiger partial charge in [0.05, 0.1) is 11.9 Å². The highest BCUT2D eigenvalue weighted by Gasteiger charge is 2.52. The summed E-state index contributed by atoms with van der Waals surface area (Å²) in [6, 6.07) is 0. The third-order valence-corrected chi connectivity index (χ3v) is 5.86. The minimum absolute atomic E-state index is 0.0502. The maximum absolute atomic E-state index is 13.2. The number of rotatable bonds is 3. The summed E-state index contributed by atoms with van der Waals surface area (Å²) in [6.45, 7) is 4.62. The van der Waals surface area contributed by atoms with E-state index in [4.69, 9.17) is 0 Å². The number of hydrogen-bond donors (Lipinski definition) is 1. The molecule has 0 unspecified atom stereocenters. The Morgan fingerprint density at radius 3 is 2.43 bits per heavy atom. The lowest BCUT2D eigenvalue weighted by atomic mass is 9.76. The van der Waals surface area contributed by atoms with Crippen LogP contribution in [0, 0.1) is 12.3 Å². The van der Waals surface area contributed by atoms with Crippen LogP contribution in [0.15, 0.2) is 11.1 Å². The molecule has 0 aliphatic carbocycles. The van der Waals surface area contributed by atoms with Gasteiger partial charge in [0.2, 0.25) is 10.0 Å². The zero-order valence-corrected chi connectivity index (χ0v) is 12.5. The Morgan fingerprint density at radius 2 is 2.00 bits per heavy atom. The maximum Gasteiger partial charge on any atom is 0.303 e. The molecule has 3 heterocycles. The van der Waals surface area contributed by atoms with E-state index in [1.54, 1.807) is 0 Å². The van der Waals surface area contributed by atoms with Crippen LogP contribution in [0.5, 0.6) is 0 Å². The first-order valence-electron chi connectivity index (χ1n) is 6.57. The second kappa shape index (κ2) is 4.40. The van der Waals surface area contributed by atoms with Gasteiger partial charge in [0.1, 0.15) is 4.90 Å². The summed E-state index contributed by atoms with van der Waals surface area (Å²) in [5.74, 6) is -3.85. The van der Waals surface area contributed by atoms with Crippen LogP contribution in [0.1, 0.15) is 18.4 Å². The molecule has 1 aromatic rings. The van der Waals surface area contributed by atoms with Gasteiger partial charge < -0.3 is 5.32 Å². The molecular weight excluding hydrogens is 302 g/mol. The van der Waals surface area contributed by atoms with Crippen molar-refractivity contribution < 1.29 is 17.2 Å². The smallest absolute Gasteiger partial charge is 0.303 e. The first kappa shape index (κ1) is 14.7. The molecule has 2 saturated heterocycles. The molecule has 116 valence electrons.